The molecule has 21 heavy (non-hydrogen) atoms. The van der Waals surface area contributed by atoms with Crippen molar-refractivity contribution in [3.63, 3.8) is 0 Å². The largest absolute Gasteiger partial charge is 0.481 e. The number of aliphatic carboxylic acids is 1. The van der Waals surface area contributed by atoms with Crippen molar-refractivity contribution < 1.29 is 14.6 Å². The third kappa shape index (κ3) is 3.06. The van der Waals surface area contributed by atoms with Crippen molar-refractivity contribution in [2.45, 2.75) is 32.3 Å². The molecule has 1 aliphatic heterocycles. The minimum Gasteiger partial charge on any atom is -0.481 e. The van der Waals surface area contributed by atoms with Crippen molar-refractivity contribution in [1.29, 1.82) is 0 Å². The van der Waals surface area contributed by atoms with Gasteiger partial charge in [-0.2, -0.15) is 0 Å². The Balaban J connectivity index is 1.76. The Hall–Kier alpha value is -1.53. The maximum absolute atomic E-state index is 11.1. The summed E-state index contributed by atoms with van der Waals surface area (Å²) in [7, 11) is 0. The van der Waals surface area contributed by atoms with Crippen LogP contribution in [0.2, 0.25) is 0 Å². The molecule has 0 bridgehead atoms. The summed E-state index contributed by atoms with van der Waals surface area (Å²) in [6.45, 7) is 5.64. The summed E-state index contributed by atoms with van der Waals surface area (Å²) < 4.78 is 5.79. The van der Waals surface area contributed by atoms with Gasteiger partial charge in [0.05, 0.1) is 12.5 Å². The lowest BCUT2D eigenvalue weighted by molar-refractivity contribution is -0.142. The van der Waals surface area contributed by atoms with Gasteiger partial charge in [-0.1, -0.05) is 6.92 Å². The van der Waals surface area contributed by atoms with E-state index in [2.05, 4.69) is 21.8 Å². The molecule has 2 heterocycles. The van der Waals surface area contributed by atoms with E-state index in [0.717, 1.165) is 36.7 Å². The van der Waals surface area contributed by atoms with E-state index in [1.165, 1.54) is 0 Å². The Morgan fingerprint density at radius 2 is 2.43 bits per heavy atom. The Morgan fingerprint density at radius 1 is 1.57 bits per heavy atom. The topological polar surface area (TPSA) is 75.5 Å². The van der Waals surface area contributed by atoms with E-state index in [1.807, 2.05) is 0 Å². The first-order valence-corrected chi connectivity index (χ1v) is 7.58. The SMILES string of the molecule is CCN1CCOC(c2ncc3c(n2)CCC(C(=O)O)C3)C1. The highest BCUT2D eigenvalue weighted by molar-refractivity contribution is 5.70. The molecular weight excluding hydrogens is 270 g/mol. The van der Waals surface area contributed by atoms with E-state index in [4.69, 9.17) is 9.84 Å². The number of carboxylic acids is 1. The van der Waals surface area contributed by atoms with Crippen molar-refractivity contribution in [3.05, 3.63) is 23.3 Å². The molecule has 1 fully saturated rings. The second-order valence-corrected chi connectivity index (χ2v) is 5.73. The molecule has 2 atom stereocenters. The van der Waals surface area contributed by atoms with E-state index in [0.29, 0.717) is 25.9 Å². The minimum absolute atomic E-state index is 0.0683. The molecule has 0 saturated carbocycles. The van der Waals surface area contributed by atoms with Gasteiger partial charge in [0.25, 0.3) is 0 Å². The van der Waals surface area contributed by atoms with Crippen molar-refractivity contribution in [2.75, 3.05) is 26.2 Å². The van der Waals surface area contributed by atoms with Gasteiger partial charge >= 0.3 is 5.97 Å². The van der Waals surface area contributed by atoms with E-state index >= 15 is 0 Å². The number of likely N-dealkylation sites (N-methyl/N-ethyl adjacent to an activating group) is 1. The summed E-state index contributed by atoms with van der Waals surface area (Å²) >= 11 is 0. The van der Waals surface area contributed by atoms with Crippen LogP contribution in [0.25, 0.3) is 0 Å². The predicted octanol–water partition coefficient (Wildman–Crippen LogP) is 1.06. The van der Waals surface area contributed by atoms with Gasteiger partial charge in [-0.15, -0.1) is 0 Å². The molecule has 0 spiro atoms. The van der Waals surface area contributed by atoms with E-state index < -0.39 is 5.97 Å². The number of aryl methyl sites for hydroxylation is 1. The fraction of sp³-hybridized carbons (Fsp3) is 0.667. The van der Waals surface area contributed by atoms with E-state index in [9.17, 15) is 4.79 Å². The number of fused-ring (bicyclic) bond motifs is 1. The van der Waals surface area contributed by atoms with Crippen LogP contribution in [0.5, 0.6) is 0 Å². The molecule has 0 radical (unpaired) electrons. The van der Waals surface area contributed by atoms with Crippen LogP contribution in [-0.2, 0) is 22.4 Å². The highest BCUT2D eigenvalue weighted by Gasteiger charge is 2.28. The summed E-state index contributed by atoms with van der Waals surface area (Å²) in [6, 6.07) is 0. The van der Waals surface area contributed by atoms with Crippen molar-refractivity contribution >= 4 is 5.97 Å². The lowest BCUT2D eigenvalue weighted by atomic mass is 9.87. The highest BCUT2D eigenvalue weighted by Crippen LogP contribution is 2.26. The maximum atomic E-state index is 11.1. The monoisotopic (exact) mass is 291 g/mol. The molecule has 2 unspecified atom stereocenters. The number of ether oxygens (including phenoxy) is 1. The smallest absolute Gasteiger partial charge is 0.306 e. The molecule has 114 valence electrons. The van der Waals surface area contributed by atoms with Crippen LogP contribution < -0.4 is 0 Å². The van der Waals surface area contributed by atoms with E-state index in [-0.39, 0.29) is 12.0 Å². The molecule has 0 amide bonds. The molecule has 6 nitrogen and oxygen atoms in total. The number of morpholine rings is 1. The van der Waals surface area contributed by atoms with Gasteiger partial charge in [-0.25, -0.2) is 9.97 Å². The van der Waals surface area contributed by atoms with Crippen molar-refractivity contribution in [3.8, 4) is 0 Å². The average molecular weight is 291 g/mol. The first kappa shape index (κ1) is 14.4. The second kappa shape index (κ2) is 6.07. The summed E-state index contributed by atoms with van der Waals surface area (Å²) in [5, 5.41) is 9.11. The molecule has 6 heteroatoms. The number of aromatic nitrogens is 2. The summed E-state index contributed by atoms with van der Waals surface area (Å²) in [5.41, 5.74) is 1.97. The molecule has 1 N–H and O–H groups in total. The number of rotatable bonds is 3. The lowest BCUT2D eigenvalue weighted by Gasteiger charge is -2.31. The summed E-state index contributed by atoms with van der Waals surface area (Å²) in [4.78, 5) is 22.5. The van der Waals surface area contributed by atoms with Crippen LogP contribution in [-0.4, -0.2) is 52.2 Å². The van der Waals surface area contributed by atoms with Gasteiger partial charge in [-0.3, -0.25) is 9.69 Å². The Labute approximate surface area is 124 Å². The van der Waals surface area contributed by atoms with Crippen molar-refractivity contribution in [2.24, 2.45) is 5.92 Å². The van der Waals surface area contributed by atoms with Gasteiger partial charge < -0.3 is 9.84 Å². The molecule has 0 aromatic carbocycles. The normalized spacial score (nSPS) is 26.3. The number of carboxylic acid groups (broad SMARTS) is 1. The zero-order valence-electron chi connectivity index (χ0n) is 12.3. The third-order valence-electron chi connectivity index (χ3n) is 4.40. The Kier molecular flexibility index (Phi) is 4.17. The van der Waals surface area contributed by atoms with Crippen LogP contribution in [0.4, 0.5) is 0 Å². The van der Waals surface area contributed by atoms with Crippen LogP contribution in [0.1, 0.15) is 36.5 Å². The van der Waals surface area contributed by atoms with Crippen LogP contribution in [0.3, 0.4) is 0 Å². The summed E-state index contributed by atoms with van der Waals surface area (Å²) in [6.07, 6.45) is 3.64. The second-order valence-electron chi connectivity index (χ2n) is 5.73. The van der Waals surface area contributed by atoms with E-state index in [1.54, 1.807) is 6.20 Å². The van der Waals surface area contributed by atoms with Gasteiger partial charge in [0.15, 0.2) is 5.82 Å². The predicted molar refractivity (Wildman–Crippen MR) is 76.0 cm³/mol. The summed E-state index contributed by atoms with van der Waals surface area (Å²) in [5.74, 6) is -0.284. The molecule has 3 rings (SSSR count). The fourth-order valence-electron chi connectivity index (χ4n) is 3.03. The molecule has 1 aromatic heterocycles. The average Bonchev–Trinajstić information content (AvgIpc) is 2.53. The standard InChI is InChI=1S/C15H21N3O3/c1-2-18-5-6-21-13(9-18)14-16-8-11-7-10(15(19)20)3-4-12(11)17-14/h8,10,13H,2-7,9H2,1H3,(H,19,20). The van der Waals surface area contributed by atoms with Crippen LogP contribution in [0.15, 0.2) is 6.20 Å². The quantitative estimate of drug-likeness (QED) is 0.897. The number of nitrogens with zero attached hydrogens (tertiary/aromatic N) is 3. The number of hydrogen-bond donors (Lipinski definition) is 1. The van der Waals surface area contributed by atoms with Gasteiger partial charge in [0, 0.05) is 25.0 Å². The minimum atomic E-state index is -0.723. The molecule has 2 aliphatic rings. The first-order chi connectivity index (χ1) is 10.2. The Morgan fingerprint density at radius 3 is 3.19 bits per heavy atom. The zero-order valence-corrected chi connectivity index (χ0v) is 12.3. The highest BCUT2D eigenvalue weighted by atomic mass is 16.5. The molecule has 1 saturated heterocycles. The number of carbonyl (C=O) groups is 1. The van der Waals surface area contributed by atoms with Crippen LogP contribution >= 0.6 is 0 Å². The Bertz CT molecular complexity index is 535. The molecule has 1 aromatic rings. The third-order valence-corrected chi connectivity index (χ3v) is 4.40. The molecular formula is C15H21N3O3. The maximum Gasteiger partial charge on any atom is 0.306 e. The van der Waals surface area contributed by atoms with Gasteiger partial charge in [0.2, 0.25) is 0 Å². The lowest BCUT2D eigenvalue weighted by Crippen LogP contribution is -2.38. The van der Waals surface area contributed by atoms with Crippen LogP contribution in [0, 0.1) is 5.92 Å². The van der Waals surface area contributed by atoms with Gasteiger partial charge in [-0.05, 0) is 31.4 Å². The number of hydrogen-bond acceptors (Lipinski definition) is 5. The zero-order chi connectivity index (χ0) is 14.8. The van der Waals surface area contributed by atoms with Crippen molar-refractivity contribution in [1.82, 2.24) is 14.9 Å². The molecule has 1 aliphatic carbocycles. The van der Waals surface area contributed by atoms with Gasteiger partial charge in [0.1, 0.15) is 6.10 Å². The fourth-order valence-corrected chi connectivity index (χ4v) is 3.03. The first-order valence-electron chi connectivity index (χ1n) is 7.58.